The van der Waals surface area contributed by atoms with E-state index in [0.29, 0.717) is 24.0 Å². The third kappa shape index (κ3) is 3.98. The number of rotatable bonds is 4. The van der Waals surface area contributed by atoms with Gasteiger partial charge in [-0.3, -0.25) is 9.59 Å². The minimum Gasteiger partial charge on any atom is -0.322 e. The maximum absolute atomic E-state index is 13.0. The summed E-state index contributed by atoms with van der Waals surface area (Å²) in [6.07, 6.45) is 2.66. The molecular weight excluding hydrogens is 426 g/mol. The Morgan fingerprint density at radius 1 is 1.03 bits per heavy atom. The number of aromatic amines is 1. The van der Waals surface area contributed by atoms with Crippen LogP contribution < -0.4 is 10.9 Å². The van der Waals surface area contributed by atoms with Gasteiger partial charge in [0.05, 0.1) is 21.2 Å². The largest absolute Gasteiger partial charge is 0.322 e. The van der Waals surface area contributed by atoms with Crippen molar-refractivity contribution in [2.24, 2.45) is 0 Å². The minimum atomic E-state index is -3.67. The van der Waals surface area contributed by atoms with E-state index in [-0.39, 0.29) is 21.2 Å². The first-order chi connectivity index (χ1) is 14.4. The predicted molar refractivity (Wildman–Crippen MR) is 117 cm³/mol. The molecule has 7 nitrogen and oxygen atoms in total. The number of nitrogens with zero attached hydrogens (tertiary/aromatic N) is 1. The van der Waals surface area contributed by atoms with E-state index in [1.807, 2.05) is 0 Å². The van der Waals surface area contributed by atoms with Gasteiger partial charge in [-0.25, -0.2) is 8.42 Å². The number of amides is 1. The Balaban J connectivity index is 1.68. The van der Waals surface area contributed by atoms with Crippen LogP contribution in [-0.4, -0.2) is 36.7 Å². The fourth-order valence-corrected chi connectivity index (χ4v) is 5.31. The number of benzene rings is 2. The number of pyridine rings is 1. The molecule has 2 heterocycles. The van der Waals surface area contributed by atoms with E-state index in [1.54, 1.807) is 24.3 Å². The number of nitrogens with one attached hydrogen (secondary N) is 2. The number of hydrogen-bond acceptors (Lipinski definition) is 4. The molecule has 0 unspecified atom stereocenters. The molecule has 156 valence electrons. The standard InChI is InChI=1S/C21H20ClN3O4S/c22-17-9-8-14(30(28,29)25-10-4-1-5-11-25)12-19(17)24-21(27)16-13-20(26)23-18-7-3-2-6-15(16)18/h2-3,6-9,12-13H,1,4-5,10-11H2,(H,23,26)(H,24,27). The number of carbonyl (C=O) groups excluding carboxylic acids is 1. The molecule has 0 atom stereocenters. The number of halogens is 1. The SMILES string of the molecule is O=C(Nc1cc(S(=O)(=O)N2CCCCC2)ccc1Cl)c1cc(=O)[nH]c2ccccc12. The van der Waals surface area contributed by atoms with Gasteiger partial charge in [0.25, 0.3) is 5.91 Å². The van der Waals surface area contributed by atoms with Crippen LogP contribution in [0.1, 0.15) is 29.6 Å². The monoisotopic (exact) mass is 445 g/mol. The molecule has 3 aromatic rings. The van der Waals surface area contributed by atoms with Crippen LogP contribution in [0.3, 0.4) is 0 Å². The van der Waals surface area contributed by atoms with Crippen molar-refractivity contribution in [1.29, 1.82) is 0 Å². The summed E-state index contributed by atoms with van der Waals surface area (Å²) in [5.41, 5.74) is 0.466. The van der Waals surface area contributed by atoms with Crippen LogP contribution in [0, 0.1) is 0 Å². The van der Waals surface area contributed by atoms with Gasteiger partial charge in [-0.05, 0) is 37.1 Å². The Kier molecular flexibility index (Phi) is 5.64. The first-order valence-electron chi connectivity index (χ1n) is 9.59. The minimum absolute atomic E-state index is 0.0693. The number of carbonyl (C=O) groups is 1. The number of para-hydroxylation sites is 1. The van der Waals surface area contributed by atoms with Crippen molar-refractivity contribution in [2.75, 3.05) is 18.4 Å². The third-order valence-electron chi connectivity index (χ3n) is 5.13. The van der Waals surface area contributed by atoms with E-state index in [1.165, 1.54) is 28.6 Å². The molecule has 0 saturated carbocycles. The summed E-state index contributed by atoms with van der Waals surface area (Å²) in [6, 6.07) is 12.4. The lowest BCUT2D eigenvalue weighted by atomic mass is 10.1. The summed E-state index contributed by atoms with van der Waals surface area (Å²) in [5.74, 6) is -0.549. The van der Waals surface area contributed by atoms with Gasteiger partial charge in [-0.15, -0.1) is 0 Å². The lowest BCUT2D eigenvalue weighted by molar-refractivity contribution is 0.102. The van der Waals surface area contributed by atoms with E-state index in [2.05, 4.69) is 10.3 Å². The second-order valence-corrected chi connectivity index (χ2v) is 9.50. The maximum atomic E-state index is 13.0. The number of fused-ring (bicyclic) bond motifs is 1. The van der Waals surface area contributed by atoms with Crippen molar-refractivity contribution in [2.45, 2.75) is 24.2 Å². The van der Waals surface area contributed by atoms with Crippen LogP contribution >= 0.6 is 11.6 Å². The molecule has 1 aliphatic heterocycles. The molecule has 1 aromatic heterocycles. The highest BCUT2D eigenvalue weighted by molar-refractivity contribution is 7.89. The highest BCUT2D eigenvalue weighted by Gasteiger charge is 2.26. The highest BCUT2D eigenvalue weighted by Crippen LogP contribution is 2.29. The number of hydrogen-bond donors (Lipinski definition) is 2. The molecule has 1 aliphatic rings. The zero-order valence-corrected chi connectivity index (χ0v) is 17.6. The lowest BCUT2D eigenvalue weighted by Gasteiger charge is -2.26. The maximum Gasteiger partial charge on any atom is 0.256 e. The average Bonchev–Trinajstić information content (AvgIpc) is 2.75. The van der Waals surface area contributed by atoms with E-state index in [4.69, 9.17) is 11.6 Å². The number of piperidine rings is 1. The molecule has 9 heteroatoms. The summed E-state index contributed by atoms with van der Waals surface area (Å²) >= 11 is 6.22. The van der Waals surface area contributed by atoms with Crippen molar-refractivity contribution >= 4 is 44.1 Å². The molecule has 2 N–H and O–H groups in total. The molecule has 1 amide bonds. The number of anilines is 1. The smallest absolute Gasteiger partial charge is 0.256 e. The highest BCUT2D eigenvalue weighted by atomic mass is 35.5. The van der Waals surface area contributed by atoms with Gasteiger partial charge in [-0.2, -0.15) is 4.31 Å². The Morgan fingerprint density at radius 2 is 1.77 bits per heavy atom. The van der Waals surface area contributed by atoms with Crippen LogP contribution in [0.2, 0.25) is 5.02 Å². The van der Waals surface area contributed by atoms with Gasteiger partial charge >= 0.3 is 0 Å². The van der Waals surface area contributed by atoms with E-state index < -0.39 is 21.5 Å². The lowest BCUT2D eigenvalue weighted by Crippen LogP contribution is -2.35. The Bertz CT molecular complexity index is 1280. The average molecular weight is 446 g/mol. The molecule has 1 saturated heterocycles. The van der Waals surface area contributed by atoms with E-state index >= 15 is 0 Å². The summed E-state index contributed by atoms with van der Waals surface area (Å²) in [7, 11) is -3.67. The summed E-state index contributed by atoms with van der Waals surface area (Å²) in [6.45, 7) is 0.955. The van der Waals surface area contributed by atoms with Gasteiger partial charge in [-0.1, -0.05) is 36.2 Å². The number of sulfonamides is 1. The normalized spacial score (nSPS) is 15.2. The van der Waals surface area contributed by atoms with Gasteiger partial charge < -0.3 is 10.3 Å². The van der Waals surface area contributed by atoms with Gasteiger partial charge in [0, 0.05) is 30.1 Å². The van der Waals surface area contributed by atoms with Crippen LogP contribution in [0.4, 0.5) is 5.69 Å². The van der Waals surface area contributed by atoms with Crippen LogP contribution in [0.15, 0.2) is 58.2 Å². The molecular formula is C21H20ClN3O4S. The fourth-order valence-electron chi connectivity index (χ4n) is 3.60. The van der Waals surface area contributed by atoms with Crippen LogP contribution in [0.5, 0.6) is 0 Å². The van der Waals surface area contributed by atoms with Gasteiger partial charge in [0.15, 0.2) is 0 Å². The molecule has 0 spiro atoms. The number of H-pyrrole nitrogens is 1. The van der Waals surface area contributed by atoms with Crippen molar-refractivity contribution in [3.8, 4) is 0 Å². The van der Waals surface area contributed by atoms with Crippen LogP contribution in [0.25, 0.3) is 10.9 Å². The molecule has 4 rings (SSSR count). The van der Waals surface area contributed by atoms with Crippen molar-refractivity contribution in [3.63, 3.8) is 0 Å². The third-order valence-corrected chi connectivity index (χ3v) is 7.36. The summed E-state index contributed by atoms with van der Waals surface area (Å²) in [5, 5.41) is 3.43. The Hall–Kier alpha value is -2.68. The Labute approximate surface area is 178 Å². The molecule has 2 aromatic carbocycles. The Morgan fingerprint density at radius 3 is 2.53 bits per heavy atom. The summed E-state index contributed by atoms with van der Waals surface area (Å²) < 4.78 is 27.4. The molecule has 0 bridgehead atoms. The topological polar surface area (TPSA) is 99.3 Å². The second kappa shape index (κ2) is 8.22. The van der Waals surface area contributed by atoms with Gasteiger partial charge in [0.2, 0.25) is 15.6 Å². The quantitative estimate of drug-likeness (QED) is 0.640. The van der Waals surface area contributed by atoms with E-state index in [9.17, 15) is 18.0 Å². The van der Waals surface area contributed by atoms with E-state index in [0.717, 1.165) is 19.3 Å². The summed E-state index contributed by atoms with van der Waals surface area (Å²) in [4.78, 5) is 27.6. The molecule has 0 aliphatic carbocycles. The molecule has 1 fully saturated rings. The predicted octanol–water partition coefficient (Wildman–Crippen LogP) is 3.61. The first-order valence-corrected chi connectivity index (χ1v) is 11.4. The molecule has 30 heavy (non-hydrogen) atoms. The van der Waals surface area contributed by atoms with Crippen molar-refractivity contribution in [1.82, 2.24) is 9.29 Å². The first kappa shape index (κ1) is 20.6. The fraction of sp³-hybridized carbons (Fsp3) is 0.238. The van der Waals surface area contributed by atoms with Gasteiger partial charge in [0.1, 0.15) is 0 Å². The zero-order valence-electron chi connectivity index (χ0n) is 16.0. The molecule has 0 radical (unpaired) electrons. The van der Waals surface area contributed by atoms with Crippen molar-refractivity contribution < 1.29 is 13.2 Å². The number of aromatic nitrogens is 1. The van der Waals surface area contributed by atoms with Crippen molar-refractivity contribution in [3.05, 3.63) is 69.5 Å². The van der Waals surface area contributed by atoms with Crippen LogP contribution in [-0.2, 0) is 10.0 Å². The zero-order chi connectivity index (χ0) is 21.3. The second-order valence-electron chi connectivity index (χ2n) is 7.15.